The fourth-order valence-electron chi connectivity index (χ4n) is 3.42. The molecule has 0 saturated carbocycles. The Kier molecular flexibility index (Phi) is 7.83. The van der Waals surface area contributed by atoms with E-state index in [4.69, 9.17) is 32.7 Å². The van der Waals surface area contributed by atoms with Crippen molar-refractivity contribution in [2.24, 2.45) is 0 Å². The maximum atomic E-state index is 12.9. The summed E-state index contributed by atoms with van der Waals surface area (Å²) >= 11 is 13.2. The number of imide groups is 1. The summed E-state index contributed by atoms with van der Waals surface area (Å²) in [6.45, 7) is 2.14. The van der Waals surface area contributed by atoms with E-state index in [0.29, 0.717) is 34.2 Å². The molecule has 1 aliphatic rings. The SMILES string of the molecule is CCOc1cc(/C=C2/SC(=O)N(c3ccc(Cl)cc3)C2=O)cc(Cl)c1OCc1cccc([N+](=O)[O-])c1. The van der Waals surface area contributed by atoms with Crippen molar-refractivity contribution in [3.63, 3.8) is 0 Å². The van der Waals surface area contributed by atoms with Crippen LogP contribution < -0.4 is 14.4 Å². The number of anilines is 1. The number of non-ortho nitro benzene ring substituents is 1. The fourth-order valence-corrected chi connectivity index (χ4v) is 4.66. The van der Waals surface area contributed by atoms with Gasteiger partial charge in [-0.2, -0.15) is 0 Å². The monoisotopic (exact) mass is 544 g/mol. The van der Waals surface area contributed by atoms with Gasteiger partial charge < -0.3 is 9.47 Å². The first kappa shape index (κ1) is 25.6. The van der Waals surface area contributed by atoms with E-state index in [0.717, 1.165) is 16.7 Å². The predicted molar refractivity (Wildman–Crippen MR) is 140 cm³/mol. The first-order valence-electron chi connectivity index (χ1n) is 10.6. The summed E-state index contributed by atoms with van der Waals surface area (Å²) < 4.78 is 11.5. The second kappa shape index (κ2) is 11.0. The molecule has 4 rings (SSSR count). The number of carbonyl (C=O) groups excluding carboxylic acids is 2. The third-order valence-corrected chi connectivity index (χ3v) is 6.41. The number of hydrogen-bond acceptors (Lipinski definition) is 7. The van der Waals surface area contributed by atoms with E-state index in [1.807, 2.05) is 0 Å². The first-order valence-corrected chi connectivity index (χ1v) is 12.2. The number of halogens is 2. The number of nitro groups is 1. The molecule has 0 N–H and O–H groups in total. The van der Waals surface area contributed by atoms with Crippen LogP contribution in [0.4, 0.5) is 16.2 Å². The Morgan fingerprint density at radius 2 is 1.81 bits per heavy atom. The van der Waals surface area contributed by atoms with Crippen LogP contribution in [0, 0.1) is 10.1 Å². The molecule has 0 aromatic heterocycles. The van der Waals surface area contributed by atoms with E-state index in [-0.39, 0.29) is 28.0 Å². The van der Waals surface area contributed by atoms with Gasteiger partial charge in [0.1, 0.15) is 6.61 Å². The van der Waals surface area contributed by atoms with E-state index in [9.17, 15) is 19.7 Å². The number of benzene rings is 3. The molecule has 0 radical (unpaired) electrons. The highest BCUT2D eigenvalue weighted by molar-refractivity contribution is 8.19. The number of amides is 2. The van der Waals surface area contributed by atoms with Gasteiger partial charge in [-0.1, -0.05) is 35.3 Å². The largest absolute Gasteiger partial charge is 0.490 e. The molecule has 3 aromatic carbocycles. The van der Waals surface area contributed by atoms with Crippen LogP contribution in [0.1, 0.15) is 18.1 Å². The van der Waals surface area contributed by atoms with Crippen molar-refractivity contribution in [3.05, 3.63) is 96.9 Å². The topological polar surface area (TPSA) is 99.0 Å². The van der Waals surface area contributed by atoms with Crippen LogP contribution in [0.2, 0.25) is 10.0 Å². The van der Waals surface area contributed by atoms with Gasteiger partial charge in [0.25, 0.3) is 16.8 Å². The molecule has 184 valence electrons. The van der Waals surface area contributed by atoms with Gasteiger partial charge in [-0.25, -0.2) is 4.90 Å². The third-order valence-electron chi connectivity index (χ3n) is 5.01. The number of nitro benzene ring substituents is 1. The minimum Gasteiger partial charge on any atom is -0.490 e. The third kappa shape index (κ3) is 5.64. The highest BCUT2D eigenvalue weighted by Gasteiger charge is 2.36. The van der Waals surface area contributed by atoms with Crippen LogP contribution in [0.15, 0.2) is 65.6 Å². The van der Waals surface area contributed by atoms with Gasteiger partial charge in [-0.3, -0.25) is 19.7 Å². The molecule has 2 amide bonds. The number of nitrogens with zero attached hydrogens (tertiary/aromatic N) is 2. The smallest absolute Gasteiger partial charge is 0.298 e. The van der Waals surface area contributed by atoms with Crippen LogP contribution in [0.3, 0.4) is 0 Å². The molecule has 1 saturated heterocycles. The van der Waals surface area contributed by atoms with Crippen LogP contribution >= 0.6 is 35.0 Å². The van der Waals surface area contributed by atoms with Gasteiger partial charge in [0.15, 0.2) is 11.5 Å². The van der Waals surface area contributed by atoms with Gasteiger partial charge in [0.2, 0.25) is 0 Å². The van der Waals surface area contributed by atoms with Crippen molar-refractivity contribution >= 4 is 63.6 Å². The van der Waals surface area contributed by atoms with Crippen LogP contribution in [-0.4, -0.2) is 22.7 Å². The number of hydrogen-bond donors (Lipinski definition) is 0. The Morgan fingerprint density at radius 1 is 1.06 bits per heavy atom. The molecule has 0 bridgehead atoms. The molecule has 36 heavy (non-hydrogen) atoms. The molecule has 0 spiro atoms. The van der Waals surface area contributed by atoms with E-state index in [2.05, 4.69) is 0 Å². The summed E-state index contributed by atoms with van der Waals surface area (Å²) in [6.07, 6.45) is 1.56. The van der Waals surface area contributed by atoms with Crippen LogP contribution in [-0.2, 0) is 11.4 Å². The fraction of sp³-hybridized carbons (Fsp3) is 0.120. The molecule has 8 nitrogen and oxygen atoms in total. The quantitative estimate of drug-likeness (QED) is 0.169. The molecule has 3 aromatic rings. The zero-order valence-corrected chi connectivity index (χ0v) is 21.1. The standard InChI is InChI=1S/C25H18Cl2N2O6S/c1-2-34-21-12-16(11-20(27)23(21)35-14-15-4-3-5-19(10-15)29(32)33)13-22-24(30)28(25(31)36-22)18-8-6-17(26)7-9-18/h3-13H,2,14H2,1H3/b22-13+. The summed E-state index contributed by atoms with van der Waals surface area (Å²) in [7, 11) is 0. The maximum Gasteiger partial charge on any atom is 0.298 e. The lowest BCUT2D eigenvalue weighted by Crippen LogP contribution is -2.27. The minimum atomic E-state index is -0.481. The van der Waals surface area contributed by atoms with Crippen LogP contribution in [0.25, 0.3) is 6.08 Å². The lowest BCUT2D eigenvalue weighted by Gasteiger charge is -2.15. The van der Waals surface area contributed by atoms with Gasteiger partial charge in [-0.05, 0) is 72.3 Å². The molecule has 1 fully saturated rings. The molecule has 0 unspecified atom stereocenters. The number of ether oxygens (including phenoxy) is 2. The van der Waals surface area contributed by atoms with Crippen LogP contribution in [0.5, 0.6) is 11.5 Å². The minimum absolute atomic E-state index is 0.0286. The number of carbonyl (C=O) groups is 2. The summed E-state index contributed by atoms with van der Waals surface area (Å²) in [5.41, 5.74) is 1.49. The summed E-state index contributed by atoms with van der Waals surface area (Å²) in [5.74, 6) is 0.127. The van der Waals surface area contributed by atoms with Crippen molar-refractivity contribution in [3.8, 4) is 11.5 Å². The molecular weight excluding hydrogens is 527 g/mol. The molecule has 0 atom stereocenters. The summed E-state index contributed by atoms with van der Waals surface area (Å²) in [5, 5.41) is 11.3. The van der Waals surface area contributed by atoms with E-state index >= 15 is 0 Å². The van der Waals surface area contributed by atoms with Crippen molar-refractivity contribution in [2.45, 2.75) is 13.5 Å². The Bertz CT molecular complexity index is 1380. The Morgan fingerprint density at radius 3 is 2.50 bits per heavy atom. The van der Waals surface area contributed by atoms with E-state index in [1.165, 1.54) is 12.1 Å². The van der Waals surface area contributed by atoms with Gasteiger partial charge in [0, 0.05) is 17.2 Å². The number of thioether (sulfide) groups is 1. The lowest BCUT2D eigenvalue weighted by molar-refractivity contribution is -0.384. The van der Waals surface area contributed by atoms with Gasteiger partial charge >= 0.3 is 0 Å². The molecule has 1 aliphatic heterocycles. The molecular formula is C25H18Cl2N2O6S. The molecule has 1 heterocycles. The maximum absolute atomic E-state index is 12.9. The number of rotatable bonds is 8. The van der Waals surface area contributed by atoms with E-state index < -0.39 is 16.1 Å². The van der Waals surface area contributed by atoms with E-state index in [1.54, 1.807) is 61.5 Å². The average Bonchev–Trinajstić information content (AvgIpc) is 3.12. The zero-order valence-electron chi connectivity index (χ0n) is 18.8. The lowest BCUT2D eigenvalue weighted by atomic mass is 10.1. The highest BCUT2D eigenvalue weighted by atomic mass is 35.5. The molecule has 0 aliphatic carbocycles. The summed E-state index contributed by atoms with van der Waals surface area (Å²) in [4.78, 5) is 37.3. The van der Waals surface area contributed by atoms with Crippen molar-refractivity contribution in [1.29, 1.82) is 0 Å². The zero-order chi connectivity index (χ0) is 25.8. The Balaban J connectivity index is 1.59. The van der Waals surface area contributed by atoms with Crippen molar-refractivity contribution in [2.75, 3.05) is 11.5 Å². The highest BCUT2D eigenvalue weighted by Crippen LogP contribution is 2.40. The van der Waals surface area contributed by atoms with Crippen molar-refractivity contribution in [1.82, 2.24) is 0 Å². The second-order valence-corrected chi connectivity index (χ2v) is 9.31. The second-order valence-electron chi connectivity index (χ2n) is 7.47. The van der Waals surface area contributed by atoms with Gasteiger partial charge in [0.05, 0.1) is 27.1 Å². The predicted octanol–water partition coefficient (Wildman–Crippen LogP) is 7.12. The van der Waals surface area contributed by atoms with Gasteiger partial charge in [-0.15, -0.1) is 0 Å². The Hall–Kier alpha value is -3.53. The Labute approximate surface area is 220 Å². The first-order chi connectivity index (χ1) is 17.3. The normalized spacial score (nSPS) is 14.4. The summed E-state index contributed by atoms with van der Waals surface area (Å²) in [6, 6.07) is 15.7. The molecule has 11 heteroatoms. The van der Waals surface area contributed by atoms with Crippen molar-refractivity contribution < 1.29 is 24.0 Å². The average molecular weight is 545 g/mol.